The van der Waals surface area contributed by atoms with Crippen LogP contribution >= 0.6 is 0 Å². The van der Waals surface area contributed by atoms with Gasteiger partial charge in [-0.05, 0) is 55.5 Å². The minimum atomic E-state index is -0.794. The zero-order valence-electron chi connectivity index (χ0n) is 28.6. The summed E-state index contributed by atoms with van der Waals surface area (Å²) in [5.74, 6) is 1.02. The second kappa shape index (κ2) is 14.7. The Morgan fingerprint density at radius 1 is 1.00 bits per heavy atom. The number of rotatable bonds is 10. The van der Waals surface area contributed by atoms with E-state index in [-0.39, 0.29) is 29.8 Å². The molecule has 1 N–H and O–H groups in total. The highest BCUT2D eigenvalue weighted by Gasteiger charge is 2.40. The maximum absolute atomic E-state index is 14.1. The van der Waals surface area contributed by atoms with Crippen molar-refractivity contribution < 1.29 is 23.5 Å². The molecule has 1 aromatic heterocycles. The van der Waals surface area contributed by atoms with E-state index in [0.717, 1.165) is 36.4 Å². The molecule has 10 nitrogen and oxygen atoms in total. The average molecular weight is 644 g/mol. The number of carbonyl (C=O) groups excluding carboxylic acids is 3. The molecule has 0 radical (unpaired) electrons. The third-order valence-electron chi connectivity index (χ3n) is 8.92. The van der Waals surface area contributed by atoms with Gasteiger partial charge in [0, 0.05) is 38.1 Å². The smallest absolute Gasteiger partial charge is 0.255 e. The molecular formula is C37H49N5O5. The molecule has 0 aliphatic carbocycles. The fraction of sp³-hybridized carbons (Fsp3) is 0.514. The molecule has 2 fully saturated rings. The van der Waals surface area contributed by atoms with Gasteiger partial charge in [-0.2, -0.15) is 0 Å². The van der Waals surface area contributed by atoms with E-state index < -0.39 is 18.0 Å². The normalized spacial score (nSPS) is 18.0. The standard InChI is InChI=1S/C37H49N5O5/c1-25(2)21-29(35(44)42-16-10-13-30(42)36(45)41-19-17-40(6)18-20-41)39-34(43)28-22-27(26-11-8-7-9-12-26)14-15-31(28)46-24-33-38-23-32(47-33)37(3,4)5/h7-9,11-12,14-15,22-23,25,29-30H,10,13,16-21,24H2,1-6H3,(H,39,43)/t29-,30-/m1/s1. The Labute approximate surface area is 278 Å². The first-order valence-electron chi connectivity index (χ1n) is 16.8. The van der Waals surface area contributed by atoms with Gasteiger partial charge in [-0.25, -0.2) is 4.98 Å². The fourth-order valence-corrected chi connectivity index (χ4v) is 6.16. The van der Waals surface area contributed by atoms with Crippen molar-refractivity contribution in [3.05, 3.63) is 71.9 Å². The number of oxazole rings is 1. The van der Waals surface area contributed by atoms with Crippen molar-refractivity contribution >= 4 is 17.7 Å². The van der Waals surface area contributed by atoms with Gasteiger partial charge >= 0.3 is 0 Å². The zero-order valence-corrected chi connectivity index (χ0v) is 28.6. The number of likely N-dealkylation sites (N-methyl/N-ethyl adjacent to an activating group) is 1. The van der Waals surface area contributed by atoms with Crippen LogP contribution in [0, 0.1) is 5.92 Å². The van der Waals surface area contributed by atoms with Crippen LogP contribution in [0.25, 0.3) is 11.1 Å². The average Bonchev–Trinajstić information content (AvgIpc) is 3.74. The van der Waals surface area contributed by atoms with Crippen LogP contribution in [0.15, 0.2) is 59.1 Å². The maximum Gasteiger partial charge on any atom is 0.255 e. The summed E-state index contributed by atoms with van der Waals surface area (Å²) in [5.41, 5.74) is 1.91. The minimum Gasteiger partial charge on any atom is -0.483 e. The van der Waals surface area contributed by atoms with Crippen LogP contribution in [0.3, 0.4) is 0 Å². The number of nitrogens with one attached hydrogen (secondary N) is 1. The summed E-state index contributed by atoms with van der Waals surface area (Å²) in [6.45, 7) is 13.7. The third kappa shape index (κ3) is 8.41. The van der Waals surface area contributed by atoms with Crippen LogP contribution in [-0.4, -0.2) is 89.3 Å². The maximum atomic E-state index is 14.1. The molecule has 5 rings (SSSR count). The van der Waals surface area contributed by atoms with Gasteiger partial charge in [-0.3, -0.25) is 14.4 Å². The quantitative estimate of drug-likeness (QED) is 0.327. The van der Waals surface area contributed by atoms with Crippen LogP contribution in [0.5, 0.6) is 5.75 Å². The van der Waals surface area contributed by atoms with Crippen LogP contribution in [0.4, 0.5) is 0 Å². The first-order valence-corrected chi connectivity index (χ1v) is 16.8. The first kappa shape index (κ1) is 34.2. The number of amides is 3. The van der Waals surface area contributed by atoms with Gasteiger partial charge < -0.3 is 29.2 Å². The third-order valence-corrected chi connectivity index (χ3v) is 8.92. The number of nitrogens with zero attached hydrogens (tertiary/aromatic N) is 4. The summed E-state index contributed by atoms with van der Waals surface area (Å²) in [4.78, 5) is 52.0. The van der Waals surface area contributed by atoms with Crippen molar-refractivity contribution in [1.29, 1.82) is 0 Å². The number of ether oxygens (including phenoxy) is 1. The number of carbonyl (C=O) groups is 3. The zero-order chi connectivity index (χ0) is 33.7. The molecule has 0 unspecified atom stereocenters. The van der Waals surface area contributed by atoms with Gasteiger partial charge in [-0.15, -0.1) is 0 Å². The summed E-state index contributed by atoms with van der Waals surface area (Å²) in [5, 5.41) is 3.05. The lowest BCUT2D eigenvalue weighted by Gasteiger charge is -2.36. The largest absolute Gasteiger partial charge is 0.483 e. The molecule has 2 aromatic carbocycles. The van der Waals surface area contributed by atoms with Crippen LogP contribution < -0.4 is 10.1 Å². The fourth-order valence-electron chi connectivity index (χ4n) is 6.16. The van der Waals surface area contributed by atoms with Crippen molar-refractivity contribution in [2.45, 2.75) is 78.0 Å². The highest BCUT2D eigenvalue weighted by atomic mass is 16.5. The molecule has 2 aliphatic heterocycles. The number of aromatic nitrogens is 1. The summed E-state index contributed by atoms with van der Waals surface area (Å²) in [6.07, 6.45) is 3.53. The molecule has 252 valence electrons. The van der Waals surface area contributed by atoms with E-state index >= 15 is 0 Å². The Bertz CT molecular complexity index is 1540. The van der Waals surface area contributed by atoms with Crippen molar-refractivity contribution in [2.24, 2.45) is 5.92 Å². The Balaban J connectivity index is 1.38. The molecular weight excluding hydrogens is 594 g/mol. The molecule has 2 aliphatic rings. The van der Waals surface area contributed by atoms with Crippen molar-refractivity contribution in [1.82, 2.24) is 25.0 Å². The molecule has 0 bridgehead atoms. The number of piperazine rings is 1. The molecule has 47 heavy (non-hydrogen) atoms. The monoisotopic (exact) mass is 643 g/mol. The number of benzene rings is 2. The van der Waals surface area contributed by atoms with Crippen LogP contribution in [0.1, 0.15) is 75.9 Å². The summed E-state index contributed by atoms with van der Waals surface area (Å²) in [7, 11) is 2.05. The van der Waals surface area contributed by atoms with E-state index in [1.807, 2.05) is 75.9 Å². The molecule has 2 atom stereocenters. The molecule has 3 amide bonds. The van der Waals surface area contributed by atoms with Crippen LogP contribution in [0.2, 0.25) is 0 Å². The Morgan fingerprint density at radius 2 is 1.72 bits per heavy atom. The number of likely N-dealkylation sites (tertiary alicyclic amines) is 1. The highest BCUT2D eigenvalue weighted by Crippen LogP contribution is 2.29. The molecule has 0 saturated carbocycles. The second-order valence-corrected chi connectivity index (χ2v) is 14.2. The van der Waals surface area contributed by atoms with E-state index in [1.54, 1.807) is 23.2 Å². The summed E-state index contributed by atoms with van der Waals surface area (Å²) in [6, 6.07) is 14.0. The lowest BCUT2D eigenvalue weighted by atomic mass is 9.94. The highest BCUT2D eigenvalue weighted by molar-refractivity contribution is 6.01. The van der Waals surface area contributed by atoms with E-state index in [9.17, 15) is 14.4 Å². The Hall–Kier alpha value is -4.18. The number of hydrogen-bond donors (Lipinski definition) is 1. The van der Waals surface area contributed by atoms with E-state index in [2.05, 4.69) is 22.2 Å². The number of hydrogen-bond acceptors (Lipinski definition) is 7. The van der Waals surface area contributed by atoms with Gasteiger partial charge in [0.2, 0.25) is 17.7 Å². The van der Waals surface area contributed by atoms with Crippen molar-refractivity contribution in [3.63, 3.8) is 0 Å². The molecule has 3 aromatic rings. The van der Waals surface area contributed by atoms with Gasteiger partial charge in [0.05, 0.1) is 11.8 Å². The summed E-state index contributed by atoms with van der Waals surface area (Å²) < 4.78 is 12.1. The van der Waals surface area contributed by atoms with Gasteiger partial charge in [0.1, 0.15) is 23.6 Å². The van der Waals surface area contributed by atoms with Gasteiger partial charge in [-0.1, -0.05) is 71.0 Å². The van der Waals surface area contributed by atoms with Gasteiger partial charge in [0.15, 0.2) is 6.61 Å². The lowest BCUT2D eigenvalue weighted by Crippen LogP contribution is -2.56. The van der Waals surface area contributed by atoms with Crippen molar-refractivity contribution in [2.75, 3.05) is 39.8 Å². The van der Waals surface area contributed by atoms with E-state index in [0.29, 0.717) is 49.7 Å². The van der Waals surface area contributed by atoms with Crippen molar-refractivity contribution in [3.8, 4) is 16.9 Å². The predicted octanol–water partition coefficient (Wildman–Crippen LogP) is 5.13. The molecule has 10 heteroatoms. The predicted molar refractivity (Wildman–Crippen MR) is 181 cm³/mol. The van der Waals surface area contributed by atoms with E-state index in [4.69, 9.17) is 9.15 Å². The van der Waals surface area contributed by atoms with E-state index in [1.165, 1.54) is 0 Å². The lowest BCUT2D eigenvalue weighted by molar-refractivity contribution is -0.145. The second-order valence-electron chi connectivity index (χ2n) is 14.2. The Morgan fingerprint density at radius 3 is 2.38 bits per heavy atom. The molecule has 3 heterocycles. The summed E-state index contributed by atoms with van der Waals surface area (Å²) >= 11 is 0. The van der Waals surface area contributed by atoms with Gasteiger partial charge in [0.25, 0.3) is 5.91 Å². The minimum absolute atomic E-state index is 0.00553. The molecule has 0 spiro atoms. The Kier molecular flexibility index (Phi) is 10.7. The SMILES string of the molecule is CC(C)C[C@@H](NC(=O)c1cc(-c2ccccc2)ccc1OCc1ncc(C(C)(C)C)o1)C(=O)N1CCC[C@@H]1C(=O)N1CCN(C)CC1. The topological polar surface area (TPSA) is 108 Å². The molecule has 2 saturated heterocycles. The van der Waals surface area contributed by atoms with Crippen LogP contribution in [-0.2, 0) is 21.6 Å². The first-order chi connectivity index (χ1) is 22.4.